The number of sulfonamides is 1. The largest absolute Gasteiger partial charge is 0.497 e. The first-order chi connectivity index (χ1) is 14.9. The first kappa shape index (κ1) is 22.5. The van der Waals surface area contributed by atoms with Crippen LogP contribution in [0, 0.1) is 0 Å². The van der Waals surface area contributed by atoms with E-state index in [1.165, 1.54) is 25.5 Å². The van der Waals surface area contributed by atoms with Gasteiger partial charge in [-0.2, -0.15) is 5.10 Å². The third-order valence-electron chi connectivity index (χ3n) is 4.28. The first-order valence-corrected chi connectivity index (χ1v) is 11.4. The van der Waals surface area contributed by atoms with Crippen molar-refractivity contribution in [3.05, 3.63) is 88.9 Å². The Morgan fingerprint density at radius 1 is 1.03 bits per heavy atom. The van der Waals surface area contributed by atoms with E-state index in [0.717, 1.165) is 14.3 Å². The van der Waals surface area contributed by atoms with Crippen molar-refractivity contribution < 1.29 is 17.9 Å². The number of amides is 1. The number of rotatable bonds is 8. The van der Waals surface area contributed by atoms with E-state index < -0.39 is 22.5 Å². The van der Waals surface area contributed by atoms with Gasteiger partial charge in [0.05, 0.1) is 23.9 Å². The highest BCUT2D eigenvalue weighted by atomic mass is 79.9. The maximum atomic E-state index is 13.3. The van der Waals surface area contributed by atoms with E-state index in [0.29, 0.717) is 11.4 Å². The molecule has 3 rings (SSSR count). The van der Waals surface area contributed by atoms with E-state index in [1.807, 2.05) is 24.3 Å². The molecular weight excluding hydrogens is 482 g/mol. The summed E-state index contributed by atoms with van der Waals surface area (Å²) in [5, 5.41) is 3.93. The van der Waals surface area contributed by atoms with Gasteiger partial charge in [0.15, 0.2) is 0 Å². The summed E-state index contributed by atoms with van der Waals surface area (Å²) >= 11 is 3.40. The Balaban J connectivity index is 1.82. The molecule has 0 saturated heterocycles. The summed E-state index contributed by atoms with van der Waals surface area (Å²) in [6.07, 6.45) is 1.48. The van der Waals surface area contributed by atoms with Crippen molar-refractivity contribution in [2.24, 2.45) is 5.10 Å². The average molecular weight is 502 g/mol. The molecule has 0 radical (unpaired) electrons. The second-order valence-corrected chi connectivity index (χ2v) is 9.05. The Kier molecular flexibility index (Phi) is 7.43. The molecule has 0 aliphatic heterocycles. The molecule has 31 heavy (non-hydrogen) atoms. The third-order valence-corrected chi connectivity index (χ3v) is 6.79. The van der Waals surface area contributed by atoms with Gasteiger partial charge in [0.2, 0.25) is 0 Å². The fourth-order valence-electron chi connectivity index (χ4n) is 2.70. The third kappa shape index (κ3) is 5.71. The van der Waals surface area contributed by atoms with Crippen molar-refractivity contribution in [2.45, 2.75) is 4.90 Å². The molecule has 160 valence electrons. The number of anilines is 1. The van der Waals surface area contributed by atoms with E-state index in [1.54, 1.807) is 42.5 Å². The van der Waals surface area contributed by atoms with Gasteiger partial charge in [-0.3, -0.25) is 9.10 Å². The van der Waals surface area contributed by atoms with Crippen LogP contribution in [0.25, 0.3) is 0 Å². The van der Waals surface area contributed by atoms with Crippen LogP contribution in [0.4, 0.5) is 5.69 Å². The van der Waals surface area contributed by atoms with Gasteiger partial charge in [0.25, 0.3) is 15.9 Å². The molecule has 9 heteroatoms. The topological polar surface area (TPSA) is 88.1 Å². The monoisotopic (exact) mass is 501 g/mol. The van der Waals surface area contributed by atoms with Crippen molar-refractivity contribution in [3.63, 3.8) is 0 Å². The standard InChI is InChI=1S/C22H20BrN3O4S/c1-30-19-11-13-20(14-12-19)31(28,29)26(18-8-3-2-4-9-18)16-22(27)25-24-15-17-7-5-6-10-21(17)23/h2-15H,16H2,1H3,(H,25,27)/b24-15-. The van der Waals surface area contributed by atoms with Crippen molar-refractivity contribution in [1.82, 2.24) is 5.43 Å². The van der Waals surface area contributed by atoms with Crippen LogP contribution in [0.3, 0.4) is 0 Å². The molecule has 1 N–H and O–H groups in total. The number of carbonyl (C=O) groups is 1. The molecule has 3 aromatic carbocycles. The number of hydrazone groups is 1. The van der Waals surface area contributed by atoms with E-state index in [9.17, 15) is 13.2 Å². The SMILES string of the molecule is COc1ccc(S(=O)(=O)N(CC(=O)N/N=C\c2ccccc2Br)c2ccccc2)cc1. The van der Waals surface area contributed by atoms with E-state index in [-0.39, 0.29) is 4.90 Å². The number of para-hydroxylation sites is 1. The molecule has 7 nitrogen and oxygen atoms in total. The fraction of sp³-hybridized carbons (Fsp3) is 0.0909. The van der Waals surface area contributed by atoms with Crippen molar-refractivity contribution in [3.8, 4) is 5.75 Å². The molecule has 0 bridgehead atoms. The Morgan fingerprint density at radius 2 is 1.68 bits per heavy atom. The van der Waals surface area contributed by atoms with Gasteiger partial charge in [0, 0.05) is 10.0 Å². The Morgan fingerprint density at radius 3 is 2.32 bits per heavy atom. The van der Waals surface area contributed by atoms with E-state index in [2.05, 4.69) is 26.5 Å². The number of carbonyl (C=O) groups excluding carboxylic acids is 1. The van der Waals surface area contributed by atoms with Crippen LogP contribution in [0.1, 0.15) is 5.56 Å². The second-order valence-electron chi connectivity index (χ2n) is 6.34. The van der Waals surface area contributed by atoms with Crippen molar-refractivity contribution in [2.75, 3.05) is 18.0 Å². The minimum absolute atomic E-state index is 0.0432. The zero-order valence-corrected chi connectivity index (χ0v) is 19.0. The van der Waals surface area contributed by atoms with Gasteiger partial charge >= 0.3 is 0 Å². The summed E-state index contributed by atoms with van der Waals surface area (Å²) in [5.41, 5.74) is 3.52. The Labute approximate surface area is 189 Å². The molecule has 0 atom stereocenters. The van der Waals surface area contributed by atoms with Crippen LogP contribution in [-0.2, 0) is 14.8 Å². The molecule has 1 amide bonds. The van der Waals surface area contributed by atoms with Gasteiger partial charge < -0.3 is 4.74 Å². The zero-order valence-electron chi connectivity index (χ0n) is 16.6. The summed E-state index contributed by atoms with van der Waals surface area (Å²) in [7, 11) is -2.50. The lowest BCUT2D eigenvalue weighted by molar-refractivity contribution is -0.119. The number of hydrogen-bond donors (Lipinski definition) is 1. The van der Waals surface area contributed by atoms with Gasteiger partial charge in [0.1, 0.15) is 12.3 Å². The average Bonchev–Trinajstić information content (AvgIpc) is 2.79. The maximum Gasteiger partial charge on any atom is 0.264 e. The van der Waals surface area contributed by atoms with Crippen LogP contribution in [0.5, 0.6) is 5.75 Å². The smallest absolute Gasteiger partial charge is 0.264 e. The predicted octanol–water partition coefficient (Wildman–Crippen LogP) is 3.80. The molecule has 0 aliphatic carbocycles. The second kappa shape index (κ2) is 10.2. The van der Waals surface area contributed by atoms with Crippen LogP contribution in [0.15, 0.2) is 93.3 Å². The Bertz CT molecular complexity index is 1170. The molecular formula is C22H20BrN3O4S. The zero-order chi connectivity index (χ0) is 22.3. The summed E-state index contributed by atoms with van der Waals surface area (Å²) in [4.78, 5) is 12.6. The molecule has 0 spiro atoms. The van der Waals surface area contributed by atoms with Crippen LogP contribution >= 0.6 is 15.9 Å². The molecule has 0 aromatic heterocycles. The van der Waals surface area contributed by atoms with Gasteiger partial charge in [-0.05, 0) is 42.5 Å². The minimum atomic E-state index is -4.00. The van der Waals surface area contributed by atoms with Gasteiger partial charge in [-0.1, -0.05) is 52.3 Å². The summed E-state index contributed by atoms with van der Waals surface area (Å²) in [5.74, 6) is -0.0476. The Hall–Kier alpha value is -3.17. The normalized spacial score (nSPS) is 11.3. The van der Waals surface area contributed by atoms with Gasteiger partial charge in [-0.25, -0.2) is 13.8 Å². The fourth-order valence-corrected chi connectivity index (χ4v) is 4.51. The maximum absolute atomic E-state index is 13.3. The van der Waals surface area contributed by atoms with Gasteiger partial charge in [-0.15, -0.1) is 0 Å². The summed E-state index contributed by atoms with van der Waals surface area (Å²) in [6, 6.07) is 21.8. The molecule has 0 aliphatic rings. The highest BCUT2D eigenvalue weighted by molar-refractivity contribution is 9.10. The molecule has 0 saturated carbocycles. The lowest BCUT2D eigenvalue weighted by Crippen LogP contribution is -2.39. The molecule has 0 unspecified atom stereocenters. The number of ether oxygens (including phenoxy) is 1. The lowest BCUT2D eigenvalue weighted by Gasteiger charge is -2.23. The quantitative estimate of drug-likeness (QED) is 0.375. The lowest BCUT2D eigenvalue weighted by atomic mass is 10.2. The number of nitrogens with one attached hydrogen (secondary N) is 1. The summed E-state index contributed by atoms with van der Waals surface area (Å²) < 4.78 is 33.5. The van der Waals surface area contributed by atoms with Crippen LogP contribution in [0.2, 0.25) is 0 Å². The van der Waals surface area contributed by atoms with Crippen LogP contribution < -0.4 is 14.5 Å². The molecule has 3 aromatic rings. The molecule has 0 heterocycles. The highest BCUT2D eigenvalue weighted by Gasteiger charge is 2.27. The first-order valence-electron chi connectivity index (χ1n) is 9.20. The van der Waals surface area contributed by atoms with Crippen molar-refractivity contribution >= 4 is 43.8 Å². The number of halogens is 1. The predicted molar refractivity (Wildman–Crippen MR) is 124 cm³/mol. The number of hydrogen-bond acceptors (Lipinski definition) is 5. The number of benzene rings is 3. The highest BCUT2D eigenvalue weighted by Crippen LogP contribution is 2.24. The molecule has 0 fully saturated rings. The summed E-state index contributed by atoms with van der Waals surface area (Å²) in [6.45, 7) is -0.439. The van der Waals surface area contributed by atoms with Crippen molar-refractivity contribution in [1.29, 1.82) is 0 Å². The minimum Gasteiger partial charge on any atom is -0.497 e. The van der Waals surface area contributed by atoms with E-state index >= 15 is 0 Å². The number of methoxy groups -OCH3 is 1. The van der Waals surface area contributed by atoms with Crippen LogP contribution in [-0.4, -0.2) is 34.2 Å². The van der Waals surface area contributed by atoms with E-state index in [4.69, 9.17) is 4.74 Å². The number of nitrogens with zero attached hydrogens (tertiary/aromatic N) is 2.